The van der Waals surface area contributed by atoms with Crippen LogP contribution in [0.25, 0.3) is 0 Å². The van der Waals surface area contributed by atoms with Crippen LogP contribution in [0.3, 0.4) is 0 Å². The van der Waals surface area contributed by atoms with Crippen molar-refractivity contribution in [2.45, 2.75) is 0 Å². The Balaban J connectivity index is 3.14. The van der Waals surface area contributed by atoms with E-state index < -0.39 is 18.7 Å². The van der Waals surface area contributed by atoms with E-state index in [1.165, 1.54) is 18.2 Å². The first-order valence-electron chi connectivity index (χ1n) is 2.81. The molecule has 0 fully saturated rings. The number of rotatable bonds is 1. The van der Waals surface area contributed by atoms with Gasteiger partial charge in [-0.3, -0.25) is 0 Å². The maximum absolute atomic E-state index is 12.0. The van der Waals surface area contributed by atoms with E-state index in [-0.39, 0.29) is 0 Å². The normalized spacial score (nSPS) is 15.5. The zero-order valence-electron chi connectivity index (χ0n) is 5.35. The van der Waals surface area contributed by atoms with Gasteiger partial charge < -0.3 is 0 Å². The fourth-order valence-corrected chi connectivity index (χ4v) is 1.96. The van der Waals surface area contributed by atoms with Crippen molar-refractivity contribution in [1.82, 2.24) is 0 Å². The average Bonchev–Trinajstić information content (AvgIpc) is 1.86. The van der Waals surface area contributed by atoms with Crippen LogP contribution in [-0.2, 0) is 0 Å². The summed E-state index contributed by atoms with van der Waals surface area (Å²) in [5.41, 5.74) is 0. The van der Waals surface area contributed by atoms with E-state index in [1.54, 1.807) is 0 Å². The fourth-order valence-electron chi connectivity index (χ4n) is 0.653. The van der Waals surface area contributed by atoms with E-state index in [9.17, 15) is 13.9 Å². The molecule has 0 aliphatic rings. The van der Waals surface area contributed by atoms with E-state index in [0.717, 1.165) is 12.1 Å². The van der Waals surface area contributed by atoms with Crippen molar-refractivity contribution in [3.8, 4) is 0 Å². The molecule has 0 amide bonds. The fraction of sp³-hybridized carbons (Fsp3) is 0. The van der Waals surface area contributed by atoms with Crippen molar-refractivity contribution in [3.05, 3.63) is 30.3 Å². The molecule has 0 aliphatic carbocycles. The molecule has 0 saturated carbocycles. The number of hydrogen-bond donors (Lipinski definition) is 0. The van der Waals surface area contributed by atoms with Crippen LogP contribution < -0.4 is 4.35 Å². The molecule has 0 saturated heterocycles. The number of hydrogen-bond acceptors (Lipinski definition) is 0. The first-order valence-corrected chi connectivity index (χ1v) is 6.59. The molecule has 62 valence electrons. The summed E-state index contributed by atoms with van der Waals surface area (Å²) in [4.78, 5) is 0. The predicted molar refractivity (Wildman–Crippen MR) is 36.3 cm³/mol. The average molecular weight is 228 g/mol. The number of benzene rings is 1. The SMILES string of the molecule is F[As](F)(F)(F)c1ccccc1. The zero-order chi connectivity index (χ0) is 8.56. The Morgan fingerprint density at radius 1 is 0.818 bits per heavy atom. The molecule has 11 heavy (non-hydrogen) atoms. The van der Waals surface area contributed by atoms with Gasteiger partial charge in [0.05, 0.1) is 0 Å². The van der Waals surface area contributed by atoms with Gasteiger partial charge in [-0.15, -0.1) is 0 Å². The molecule has 1 aromatic carbocycles. The summed E-state index contributed by atoms with van der Waals surface area (Å²) >= 11 is -8.00. The van der Waals surface area contributed by atoms with Gasteiger partial charge in [0.1, 0.15) is 0 Å². The van der Waals surface area contributed by atoms with Gasteiger partial charge in [-0.2, -0.15) is 0 Å². The van der Waals surface area contributed by atoms with Crippen LogP contribution >= 0.6 is 0 Å². The third-order valence-electron chi connectivity index (χ3n) is 1.15. The van der Waals surface area contributed by atoms with Crippen LogP contribution in [0.1, 0.15) is 0 Å². The first-order chi connectivity index (χ1) is 4.86. The Labute approximate surface area is 63.5 Å². The Morgan fingerprint density at radius 3 is 1.55 bits per heavy atom. The Hall–Kier alpha value is -0.502. The van der Waals surface area contributed by atoms with Crippen LogP contribution in [0.2, 0.25) is 0 Å². The quantitative estimate of drug-likeness (QED) is 0.510. The predicted octanol–water partition coefficient (Wildman–Crippen LogP) is 2.16. The Morgan fingerprint density at radius 2 is 1.27 bits per heavy atom. The second kappa shape index (κ2) is 2.24. The van der Waals surface area contributed by atoms with Gasteiger partial charge in [0.25, 0.3) is 0 Å². The van der Waals surface area contributed by atoms with Crippen molar-refractivity contribution in [1.29, 1.82) is 0 Å². The molecule has 1 aromatic rings. The molecular weight excluding hydrogens is 223 g/mol. The topological polar surface area (TPSA) is 0 Å². The second-order valence-corrected chi connectivity index (χ2v) is 6.17. The molecule has 0 unspecified atom stereocenters. The molecule has 1 rings (SSSR count). The van der Waals surface area contributed by atoms with E-state index >= 15 is 0 Å². The molecule has 0 radical (unpaired) electrons. The Bertz CT molecular complexity index is 241. The van der Waals surface area contributed by atoms with Gasteiger partial charge in [-0.05, 0) is 0 Å². The standard InChI is InChI=1S/C6H5AsF4/c8-7(9,10,11)6-4-2-1-3-5-6/h1-5H. The van der Waals surface area contributed by atoms with Gasteiger partial charge >= 0.3 is 62.9 Å². The van der Waals surface area contributed by atoms with Crippen molar-refractivity contribution in [2.24, 2.45) is 0 Å². The summed E-state index contributed by atoms with van der Waals surface area (Å²) in [6.07, 6.45) is 0. The molecule has 0 bridgehead atoms. The number of halogens is 4. The van der Waals surface area contributed by atoms with Gasteiger partial charge in [0.2, 0.25) is 0 Å². The van der Waals surface area contributed by atoms with Crippen molar-refractivity contribution >= 4 is 18.7 Å². The van der Waals surface area contributed by atoms with E-state index in [1.807, 2.05) is 0 Å². The minimum absolute atomic E-state index is 0.756. The third kappa shape index (κ3) is 2.22. The Kier molecular flexibility index (Phi) is 1.75. The molecule has 5 heteroatoms. The van der Waals surface area contributed by atoms with Crippen LogP contribution in [0.15, 0.2) is 30.3 Å². The van der Waals surface area contributed by atoms with Gasteiger partial charge in [-0.25, -0.2) is 0 Å². The molecule has 0 nitrogen and oxygen atoms in total. The maximum atomic E-state index is 12.0. The second-order valence-electron chi connectivity index (χ2n) is 2.06. The van der Waals surface area contributed by atoms with Gasteiger partial charge in [0.15, 0.2) is 0 Å². The molecular formula is C6H5AsF4. The molecule has 0 atom stereocenters. The molecule has 0 heterocycles. The zero-order valence-corrected chi connectivity index (χ0v) is 7.22. The van der Waals surface area contributed by atoms with Gasteiger partial charge in [0, 0.05) is 0 Å². The van der Waals surface area contributed by atoms with Crippen molar-refractivity contribution in [3.63, 3.8) is 0 Å². The summed E-state index contributed by atoms with van der Waals surface area (Å²) in [7, 11) is 0. The minimum atomic E-state index is -8.00. The molecule has 0 spiro atoms. The summed E-state index contributed by atoms with van der Waals surface area (Å²) in [6.45, 7) is 0. The molecule has 0 aliphatic heterocycles. The molecule has 0 N–H and O–H groups in total. The van der Waals surface area contributed by atoms with Crippen LogP contribution in [0.4, 0.5) is 13.9 Å². The first kappa shape index (κ1) is 8.59. The van der Waals surface area contributed by atoms with E-state index in [2.05, 4.69) is 0 Å². The summed E-state index contributed by atoms with van der Waals surface area (Å²) in [6, 6.07) is 5.28. The van der Waals surface area contributed by atoms with Crippen LogP contribution in [0.5, 0.6) is 0 Å². The third-order valence-corrected chi connectivity index (χ3v) is 3.41. The van der Waals surface area contributed by atoms with Crippen molar-refractivity contribution < 1.29 is 13.9 Å². The van der Waals surface area contributed by atoms with E-state index in [0.29, 0.717) is 0 Å². The van der Waals surface area contributed by atoms with Crippen molar-refractivity contribution in [2.75, 3.05) is 0 Å². The molecule has 0 aromatic heterocycles. The summed E-state index contributed by atoms with van der Waals surface area (Å²) < 4.78 is 46.8. The van der Waals surface area contributed by atoms with Gasteiger partial charge in [-0.1, -0.05) is 0 Å². The van der Waals surface area contributed by atoms with Crippen LogP contribution in [0, 0.1) is 0 Å². The van der Waals surface area contributed by atoms with Crippen LogP contribution in [-0.4, -0.2) is 14.3 Å². The summed E-state index contributed by atoms with van der Waals surface area (Å²) in [5, 5.41) is 0. The summed E-state index contributed by atoms with van der Waals surface area (Å²) in [5.74, 6) is 0. The van der Waals surface area contributed by atoms with E-state index in [4.69, 9.17) is 0 Å². The monoisotopic (exact) mass is 228 g/mol.